The van der Waals surface area contributed by atoms with E-state index in [-0.39, 0.29) is 35.2 Å². The van der Waals surface area contributed by atoms with Crippen molar-refractivity contribution in [2.75, 3.05) is 30.9 Å². The first kappa shape index (κ1) is 22.3. The van der Waals surface area contributed by atoms with E-state index in [9.17, 15) is 14.4 Å². The lowest BCUT2D eigenvalue weighted by Crippen LogP contribution is -2.42. The number of anilines is 2. The number of rotatable bonds is 8. The van der Waals surface area contributed by atoms with E-state index in [2.05, 4.69) is 4.98 Å². The predicted molar refractivity (Wildman–Crippen MR) is 121 cm³/mol. The van der Waals surface area contributed by atoms with Crippen molar-refractivity contribution >= 4 is 29.0 Å². The second-order valence-corrected chi connectivity index (χ2v) is 7.26. The lowest BCUT2D eigenvalue weighted by atomic mass is 10.1. The summed E-state index contributed by atoms with van der Waals surface area (Å²) in [5.74, 6) is -0.598. The van der Waals surface area contributed by atoms with Gasteiger partial charge in [0.25, 0.3) is 11.5 Å². The van der Waals surface area contributed by atoms with Gasteiger partial charge in [0.2, 0.25) is 0 Å². The molecule has 0 atom stereocenters. The lowest BCUT2D eigenvalue weighted by molar-refractivity contribution is 0.0983. The summed E-state index contributed by atoms with van der Waals surface area (Å²) in [5, 5.41) is 0.247. The van der Waals surface area contributed by atoms with Gasteiger partial charge in [-0.15, -0.1) is 0 Å². The zero-order valence-corrected chi connectivity index (χ0v) is 17.8. The Morgan fingerprint density at radius 2 is 1.81 bits per heavy atom. The molecule has 0 unspecified atom stereocenters. The highest BCUT2D eigenvalue weighted by Gasteiger charge is 2.26. The van der Waals surface area contributed by atoms with E-state index in [4.69, 9.17) is 22.1 Å². The third kappa shape index (κ3) is 5.04. The Bertz CT molecular complexity index is 1170. The van der Waals surface area contributed by atoms with E-state index in [1.54, 1.807) is 31.4 Å². The summed E-state index contributed by atoms with van der Waals surface area (Å²) < 4.78 is 6.31. The second kappa shape index (κ2) is 10.1. The van der Waals surface area contributed by atoms with Crippen LogP contribution in [0.25, 0.3) is 0 Å². The Hall–Kier alpha value is -3.36. The largest absolute Gasteiger partial charge is 0.385 e. The number of carbonyl (C=O) groups excluding carboxylic acids is 1. The number of H-pyrrole nitrogens is 1. The number of nitrogens with two attached hydrogens (primary N) is 1. The average molecular weight is 443 g/mol. The molecule has 0 aliphatic rings. The topological polar surface area (TPSA) is 110 Å². The van der Waals surface area contributed by atoms with Crippen LogP contribution in [0.15, 0.2) is 64.2 Å². The first-order valence-corrected chi connectivity index (χ1v) is 10.0. The molecule has 9 heteroatoms. The number of methoxy groups -OCH3 is 1. The summed E-state index contributed by atoms with van der Waals surface area (Å²) in [7, 11) is 1.54. The van der Waals surface area contributed by atoms with E-state index in [1.165, 1.54) is 9.47 Å². The molecule has 3 N–H and O–H groups in total. The molecule has 162 valence electrons. The Labute approximate surface area is 183 Å². The number of aromatic amines is 1. The maximum atomic E-state index is 13.3. The fourth-order valence-electron chi connectivity index (χ4n) is 3.22. The molecular weight excluding hydrogens is 420 g/mol. The van der Waals surface area contributed by atoms with Crippen molar-refractivity contribution in [3.05, 3.63) is 91.6 Å². The first-order chi connectivity index (χ1) is 14.9. The summed E-state index contributed by atoms with van der Waals surface area (Å²) in [6, 6.07) is 15.7. The third-order valence-corrected chi connectivity index (χ3v) is 5.08. The maximum absolute atomic E-state index is 13.3. The number of nitrogens with zero attached hydrogens (tertiary/aromatic N) is 2. The SMILES string of the molecule is COCCCN(C(=O)c1ccccc1Cl)c1c(N)n(Cc2ccccc2)c(=O)[nH]c1=O. The van der Waals surface area contributed by atoms with E-state index in [0.717, 1.165) is 5.56 Å². The molecule has 3 rings (SSSR count). The highest BCUT2D eigenvalue weighted by Crippen LogP contribution is 2.23. The Kier molecular flexibility index (Phi) is 7.28. The zero-order chi connectivity index (χ0) is 22.4. The van der Waals surface area contributed by atoms with Gasteiger partial charge in [0.1, 0.15) is 5.82 Å². The van der Waals surface area contributed by atoms with E-state index in [0.29, 0.717) is 13.0 Å². The minimum atomic E-state index is -0.746. The Balaban J connectivity index is 2.10. The van der Waals surface area contributed by atoms with Crippen molar-refractivity contribution in [3.63, 3.8) is 0 Å². The maximum Gasteiger partial charge on any atom is 0.330 e. The Morgan fingerprint density at radius 1 is 1.13 bits per heavy atom. The van der Waals surface area contributed by atoms with Crippen LogP contribution in [-0.4, -0.2) is 35.7 Å². The van der Waals surface area contributed by atoms with Crippen LogP contribution >= 0.6 is 11.6 Å². The molecule has 0 bridgehead atoms. The van der Waals surface area contributed by atoms with Gasteiger partial charge in [-0.25, -0.2) is 4.79 Å². The molecule has 31 heavy (non-hydrogen) atoms. The molecule has 0 saturated carbocycles. The number of hydrogen-bond acceptors (Lipinski definition) is 5. The molecule has 0 fully saturated rings. The van der Waals surface area contributed by atoms with Gasteiger partial charge in [-0.2, -0.15) is 0 Å². The van der Waals surface area contributed by atoms with Crippen LogP contribution in [-0.2, 0) is 11.3 Å². The van der Waals surface area contributed by atoms with Crippen molar-refractivity contribution in [1.29, 1.82) is 0 Å². The number of aromatic nitrogens is 2. The summed E-state index contributed by atoms with van der Waals surface area (Å²) in [5.41, 5.74) is 5.82. The van der Waals surface area contributed by atoms with Gasteiger partial charge >= 0.3 is 5.69 Å². The summed E-state index contributed by atoms with van der Waals surface area (Å²) in [6.07, 6.45) is 0.448. The molecule has 8 nitrogen and oxygen atoms in total. The van der Waals surface area contributed by atoms with Crippen LogP contribution in [0.3, 0.4) is 0 Å². The monoisotopic (exact) mass is 442 g/mol. The molecule has 3 aromatic rings. The van der Waals surface area contributed by atoms with Crippen molar-refractivity contribution in [1.82, 2.24) is 9.55 Å². The summed E-state index contributed by atoms with van der Waals surface area (Å²) >= 11 is 6.21. The van der Waals surface area contributed by atoms with Crippen LogP contribution in [0.4, 0.5) is 11.5 Å². The molecule has 2 aromatic carbocycles. The van der Waals surface area contributed by atoms with E-state index in [1.807, 2.05) is 30.3 Å². The van der Waals surface area contributed by atoms with Crippen LogP contribution in [0.5, 0.6) is 0 Å². The van der Waals surface area contributed by atoms with Crippen molar-refractivity contribution in [2.45, 2.75) is 13.0 Å². The van der Waals surface area contributed by atoms with Gasteiger partial charge in [-0.3, -0.25) is 19.1 Å². The number of carbonyl (C=O) groups is 1. The molecule has 0 radical (unpaired) electrons. The molecule has 1 aromatic heterocycles. The first-order valence-electron chi connectivity index (χ1n) is 9.66. The standard InChI is InChI=1S/C22H23ClN4O4/c1-31-13-7-12-26(21(29)16-10-5-6-11-17(16)23)18-19(24)27(22(30)25-20(18)28)14-15-8-3-2-4-9-15/h2-6,8-11H,7,12-14,24H2,1H3,(H,25,28,30). The second-order valence-electron chi connectivity index (χ2n) is 6.85. The number of benzene rings is 2. The van der Waals surface area contributed by atoms with Gasteiger partial charge in [-0.05, 0) is 24.1 Å². The zero-order valence-electron chi connectivity index (χ0n) is 17.0. The van der Waals surface area contributed by atoms with Gasteiger partial charge in [0.05, 0.1) is 17.1 Å². The van der Waals surface area contributed by atoms with Crippen LogP contribution in [0.1, 0.15) is 22.3 Å². The van der Waals surface area contributed by atoms with Crippen molar-refractivity contribution in [2.24, 2.45) is 0 Å². The van der Waals surface area contributed by atoms with Gasteiger partial charge in [0, 0.05) is 20.3 Å². The number of nitrogens with one attached hydrogen (secondary N) is 1. The highest BCUT2D eigenvalue weighted by atomic mass is 35.5. The van der Waals surface area contributed by atoms with Gasteiger partial charge in [-0.1, -0.05) is 54.1 Å². The van der Waals surface area contributed by atoms with E-state index < -0.39 is 17.2 Å². The predicted octanol–water partition coefficient (Wildman–Crippen LogP) is 2.50. The molecule has 0 saturated heterocycles. The number of hydrogen-bond donors (Lipinski definition) is 2. The average Bonchev–Trinajstić information content (AvgIpc) is 2.76. The Morgan fingerprint density at radius 3 is 2.48 bits per heavy atom. The summed E-state index contributed by atoms with van der Waals surface area (Å²) in [4.78, 5) is 42.1. The van der Waals surface area contributed by atoms with Gasteiger partial charge < -0.3 is 15.4 Å². The number of ether oxygens (including phenoxy) is 1. The van der Waals surface area contributed by atoms with Gasteiger partial charge in [0.15, 0.2) is 5.69 Å². The van der Waals surface area contributed by atoms with Crippen molar-refractivity contribution in [3.8, 4) is 0 Å². The molecule has 1 amide bonds. The number of halogens is 1. The van der Waals surface area contributed by atoms with E-state index >= 15 is 0 Å². The van der Waals surface area contributed by atoms with Crippen LogP contribution < -0.4 is 21.9 Å². The minimum Gasteiger partial charge on any atom is -0.385 e. The normalized spacial score (nSPS) is 10.8. The highest BCUT2D eigenvalue weighted by molar-refractivity contribution is 6.34. The number of amides is 1. The van der Waals surface area contributed by atoms with Crippen molar-refractivity contribution < 1.29 is 9.53 Å². The summed E-state index contributed by atoms with van der Waals surface area (Å²) in [6.45, 7) is 0.657. The quantitative estimate of drug-likeness (QED) is 0.521. The fourth-order valence-corrected chi connectivity index (χ4v) is 3.44. The fraction of sp³-hybridized carbons (Fsp3) is 0.227. The lowest BCUT2D eigenvalue weighted by Gasteiger charge is -2.25. The molecule has 0 aliphatic carbocycles. The molecule has 0 spiro atoms. The number of nitrogen functional groups attached to an aromatic ring is 1. The third-order valence-electron chi connectivity index (χ3n) is 4.75. The van der Waals surface area contributed by atoms with Crippen LogP contribution in [0.2, 0.25) is 5.02 Å². The van der Waals surface area contributed by atoms with Crippen LogP contribution in [0, 0.1) is 0 Å². The minimum absolute atomic E-state index is 0.100. The smallest absolute Gasteiger partial charge is 0.330 e. The molecule has 1 heterocycles. The molecule has 0 aliphatic heterocycles. The molecular formula is C22H23ClN4O4.